The fourth-order valence-electron chi connectivity index (χ4n) is 2.51. The van der Waals surface area contributed by atoms with Crippen LogP contribution in [0.4, 0.5) is 0 Å². The van der Waals surface area contributed by atoms with Crippen LogP contribution in [0.25, 0.3) is 0 Å². The van der Waals surface area contributed by atoms with Gasteiger partial charge in [-0.05, 0) is 50.7 Å². The van der Waals surface area contributed by atoms with Gasteiger partial charge in [-0.2, -0.15) is 0 Å². The molecule has 2 atom stereocenters. The number of hydrogen-bond acceptors (Lipinski definition) is 2. The Bertz CT molecular complexity index is 452. The average molecular weight is 260 g/mol. The third-order valence-electron chi connectivity index (χ3n) is 4.12. The van der Waals surface area contributed by atoms with Crippen LogP contribution in [0.2, 0.25) is 0 Å². The van der Waals surface area contributed by atoms with Crippen LogP contribution >= 0.6 is 0 Å². The molecular formula is C17H24O2. The number of ether oxygens (including phenoxy) is 1. The molecule has 1 fully saturated rings. The lowest BCUT2D eigenvalue weighted by molar-refractivity contribution is -0.180. The van der Waals surface area contributed by atoms with E-state index in [1.807, 2.05) is 19.1 Å². The number of hydrogen-bond donors (Lipinski definition) is 1. The van der Waals surface area contributed by atoms with Crippen molar-refractivity contribution in [1.82, 2.24) is 0 Å². The molecule has 1 aliphatic carbocycles. The minimum atomic E-state index is -0.637. The molecule has 0 saturated heterocycles. The van der Waals surface area contributed by atoms with Crippen molar-refractivity contribution in [3.8, 4) is 0 Å². The first-order valence-electron chi connectivity index (χ1n) is 7.04. The van der Waals surface area contributed by atoms with E-state index in [4.69, 9.17) is 4.74 Å². The fourth-order valence-corrected chi connectivity index (χ4v) is 2.51. The summed E-state index contributed by atoms with van der Waals surface area (Å²) in [6.45, 7) is 8.58. The first kappa shape index (κ1) is 14.3. The maximum atomic E-state index is 10.5. The van der Waals surface area contributed by atoms with Gasteiger partial charge in [-0.15, -0.1) is 6.58 Å². The van der Waals surface area contributed by atoms with Crippen molar-refractivity contribution in [3.05, 3.63) is 47.5 Å². The lowest BCUT2D eigenvalue weighted by Crippen LogP contribution is -2.52. The third-order valence-corrected chi connectivity index (χ3v) is 4.12. The van der Waals surface area contributed by atoms with Gasteiger partial charge in [0, 0.05) is 0 Å². The number of aryl methyl sites for hydroxylation is 1. The molecule has 1 aromatic rings. The second-order valence-electron chi connectivity index (χ2n) is 5.83. The van der Waals surface area contributed by atoms with E-state index < -0.39 is 5.60 Å². The van der Waals surface area contributed by atoms with E-state index in [0.29, 0.717) is 6.61 Å². The smallest absolute Gasteiger partial charge is 0.0912 e. The minimum Gasteiger partial charge on any atom is -0.387 e. The van der Waals surface area contributed by atoms with E-state index in [0.717, 1.165) is 31.3 Å². The van der Waals surface area contributed by atoms with Gasteiger partial charge in [-0.25, -0.2) is 0 Å². The largest absolute Gasteiger partial charge is 0.387 e. The Hall–Kier alpha value is -1.12. The highest BCUT2D eigenvalue weighted by Crippen LogP contribution is 2.39. The summed E-state index contributed by atoms with van der Waals surface area (Å²) >= 11 is 0. The molecule has 104 valence electrons. The zero-order valence-corrected chi connectivity index (χ0v) is 12.0. The first-order valence-corrected chi connectivity index (χ1v) is 7.04. The van der Waals surface area contributed by atoms with Gasteiger partial charge in [0.2, 0.25) is 0 Å². The van der Waals surface area contributed by atoms with E-state index in [-0.39, 0.29) is 6.10 Å². The van der Waals surface area contributed by atoms with Gasteiger partial charge in [-0.3, -0.25) is 0 Å². The van der Waals surface area contributed by atoms with Crippen LogP contribution in [0.3, 0.4) is 0 Å². The molecule has 0 heterocycles. The highest BCUT2D eigenvalue weighted by atomic mass is 16.5. The van der Waals surface area contributed by atoms with Crippen molar-refractivity contribution < 1.29 is 9.84 Å². The van der Waals surface area contributed by atoms with Gasteiger partial charge in [0.25, 0.3) is 0 Å². The lowest BCUT2D eigenvalue weighted by Gasteiger charge is -2.45. The van der Waals surface area contributed by atoms with Crippen LogP contribution in [0.15, 0.2) is 36.4 Å². The van der Waals surface area contributed by atoms with Crippen molar-refractivity contribution >= 4 is 0 Å². The second kappa shape index (κ2) is 5.89. The fraction of sp³-hybridized carbons (Fsp3) is 0.529. The van der Waals surface area contributed by atoms with E-state index in [9.17, 15) is 5.11 Å². The molecule has 19 heavy (non-hydrogen) atoms. The predicted octanol–water partition coefficient (Wildman–Crippen LogP) is 3.76. The molecule has 0 radical (unpaired) electrons. The van der Waals surface area contributed by atoms with E-state index in [1.165, 1.54) is 11.1 Å². The molecule has 2 nitrogen and oxygen atoms in total. The maximum absolute atomic E-state index is 10.5. The molecule has 2 heteroatoms. The van der Waals surface area contributed by atoms with Gasteiger partial charge in [0.05, 0.1) is 18.3 Å². The maximum Gasteiger partial charge on any atom is 0.0912 e. The summed E-state index contributed by atoms with van der Waals surface area (Å²) in [4.78, 5) is 0. The molecule has 2 rings (SSSR count). The van der Waals surface area contributed by atoms with Crippen molar-refractivity contribution in [2.75, 3.05) is 0 Å². The van der Waals surface area contributed by atoms with E-state index in [2.05, 4.69) is 25.6 Å². The van der Waals surface area contributed by atoms with Gasteiger partial charge in [0.1, 0.15) is 0 Å². The summed E-state index contributed by atoms with van der Waals surface area (Å²) in [6, 6.07) is 8.23. The predicted molar refractivity (Wildman–Crippen MR) is 78.0 cm³/mol. The molecule has 0 spiro atoms. The Kier molecular flexibility index (Phi) is 4.43. The lowest BCUT2D eigenvalue weighted by atomic mass is 9.73. The van der Waals surface area contributed by atoms with Crippen LogP contribution in [0, 0.1) is 6.92 Å². The van der Waals surface area contributed by atoms with Gasteiger partial charge < -0.3 is 9.84 Å². The summed E-state index contributed by atoms with van der Waals surface area (Å²) in [6.07, 6.45) is 3.42. The summed E-state index contributed by atoms with van der Waals surface area (Å²) in [5.74, 6) is 0. The molecule has 0 bridgehead atoms. The highest BCUT2D eigenvalue weighted by Gasteiger charge is 2.45. The van der Waals surface area contributed by atoms with Crippen molar-refractivity contribution in [2.24, 2.45) is 0 Å². The highest BCUT2D eigenvalue weighted by molar-refractivity contribution is 5.24. The summed E-state index contributed by atoms with van der Waals surface area (Å²) < 4.78 is 5.91. The summed E-state index contributed by atoms with van der Waals surface area (Å²) in [7, 11) is 0. The molecule has 0 aliphatic heterocycles. The Morgan fingerprint density at radius 3 is 2.79 bits per heavy atom. The van der Waals surface area contributed by atoms with Crippen LogP contribution in [0.5, 0.6) is 0 Å². The molecule has 0 amide bonds. The second-order valence-corrected chi connectivity index (χ2v) is 5.83. The number of benzene rings is 1. The molecule has 1 aliphatic rings. The summed E-state index contributed by atoms with van der Waals surface area (Å²) in [5, 5.41) is 10.5. The molecular weight excluding hydrogens is 236 g/mol. The van der Waals surface area contributed by atoms with Crippen LogP contribution in [0.1, 0.15) is 43.7 Å². The first-order chi connectivity index (χ1) is 9.01. The molecule has 1 N–H and O–H groups in total. The molecule has 1 saturated carbocycles. The Morgan fingerprint density at radius 2 is 2.21 bits per heavy atom. The van der Waals surface area contributed by atoms with Crippen molar-refractivity contribution in [1.29, 1.82) is 0 Å². The van der Waals surface area contributed by atoms with Gasteiger partial charge >= 0.3 is 0 Å². The quantitative estimate of drug-likeness (QED) is 0.789. The zero-order chi connectivity index (χ0) is 13.9. The topological polar surface area (TPSA) is 29.5 Å². The van der Waals surface area contributed by atoms with Crippen molar-refractivity contribution in [3.63, 3.8) is 0 Å². The summed E-state index contributed by atoms with van der Waals surface area (Å²) in [5.41, 5.74) is 2.93. The SMILES string of the molecule is C=C(C)CCC1(O)CCC1OCc1ccccc1C. The normalized spacial score (nSPS) is 25.9. The van der Waals surface area contributed by atoms with Gasteiger partial charge in [0.15, 0.2) is 0 Å². The van der Waals surface area contributed by atoms with Crippen LogP contribution in [-0.2, 0) is 11.3 Å². The van der Waals surface area contributed by atoms with Crippen LogP contribution < -0.4 is 0 Å². The Balaban J connectivity index is 1.86. The van der Waals surface area contributed by atoms with E-state index >= 15 is 0 Å². The van der Waals surface area contributed by atoms with Gasteiger partial charge in [-0.1, -0.05) is 29.8 Å². The van der Waals surface area contributed by atoms with E-state index in [1.54, 1.807) is 0 Å². The average Bonchev–Trinajstić information content (AvgIpc) is 2.37. The standard InChI is InChI=1S/C17H24O2/c1-13(2)8-10-17(18)11-9-16(17)19-12-15-7-5-4-6-14(15)3/h4-7,16,18H,1,8-12H2,2-3H3. The Labute approximate surface area is 116 Å². The minimum absolute atomic E-state index is 0.0218. The molecule has 1 aromatic carbocycles. The molecule has 0 aromatic heterocycles. The number of rotatable bonds is 6. The number of allylic oxidation sites excluding steroid dienone is 1. The van der Waals surface area contributed by atoms with Crippen molar-refractivity contribution in [2.45, 2.75) is 57.8 Å². The third kappa shape index (κ3) is 3.46. The zero-order valence-electron chi connectivity index (χ0n) is 12.0. The Morgan fingerprint density at radius 1 is 1.47 bits per heavy atom. The van der Waals surface area contributed by atoms with Crippen LogP contribution in [-0.4, -0.2) is 16.8 Å². The molecule has 2 unspecified atom stereocenters. The monoisotopic (exact) mass is 260 g/mol. The number of aliphatic hydroxyl groups is 1.